The molecule has 0 saturated carbocycles. The van der Waals surface area contributed by atoms with Crippen LogP contribution >= 0.6 is 24.0 Å². The van der Waals surface area contributed by atoms with Gasteiger partial charge in [-0.25, -0.2) is 0 Å². The van der Waals surface area contributed by atoms with Crippen molar-refractivity contribution in [1.82, 2.24) is 20.4 Å². The molecule has 6 nitrogen and oxygen atoms in total. The minimum atomic E-state index is 0. The lowest BCUT2D eigenvalue weighted by Gasteiger charge is -2.17. The van der Waals surface area contributed by atoms with Crippen LogP contribution in [0.2, 0.25) is 0 Å². The molecule has 0 spiro atoms. The van der Waals surface area contributed by atoms with Gasteiger partial charge in [0.25, 0.3) is 0 Å². The van der Waals surface area contributed by atoms with Gasteiger partial charge in [0.1, 0.15) is 0 Å². The summed E-state index contributed by atoms with van der Waals surface area (Å²) < 4.78 is 1.89. The van der Waals surface area contributed by atoms with Gasteiger partial charge in [-0.2, -0.15) is 5.10 Å². The third kappa shape index (κ3) is 10.5. The third-order valence-corrected chi connectivity index (χ3v) is 3.39. The van der Waals surface area contributed by atoms with E-state index in [1.165, 1.54) is 0 Å². The van der Waals surface area contributed by atoms with Crippen LogP contribution in [-0.2, 0) is 6.54 Å². The number of rotatable bonds is 10. The highest BCUT2D eigenvalue weighted by Gasteiger charge is 2.10. The molecule has 0 amide bonds. The number of halogens is 1. The fourth-order valence-corrected chi connectivity index (χ4v) is 2.42. The molecule has 0 fully saturated rings. The largest absolute Gasteiger partial charge is 0.396 e. The highest BCUT2D eigenvalue weighted by Crippen LogP contribution is 2.15. The maximum Gasteiger partial charge on any atom is 0.191 e. The Morgan fingerprint density at radius 2 is 2.13 bits per heavy atom. The summed E-state index contributed by atoms with van der Waals surface area (Å²) in [5.74, 6) is 1.90. The van der Waals surface area contributed by atoms with Crippen molar-refractivity contribution in [1.29, 1.82) is 0 Å². The number of aromatic nitrogens is 2. The van der Waals surface area contributed by atoms with Crippen LogP contribution in [0.4, 0.5) is 0 Å². The molecule has 3 N–H and O–H groups in total. The van der Waals surface area contributed by atoms with Gasteiger partial charge in [-0.05, 0) is 37.7 Å². The number of hydrogen-bond donors (Lipinski definition) is 3. The third-order valence-electron chi connectivity index (χ3n) is 3.39. The maximum atomic E-state index is 9.18. The zero-order valence-corrected chi connectivity index (χ0v) is 16.9. The Morgan fingerprint density at radius 3 is 2.70 bits per heavy atom. The second-order valence-corrected chi connectivity index (χ2v) is 5.92. The second-order valence-electron chi connectivity index (χ2n) is 5.92. The van der Waals surface area contributed by atoms with Gasteiger partial charge in [0, 0.05) is 38.6 Å². The highest BCUT2D eigenvalue weighted by molar-refractivity contribution is 14.0. The topological polar surface area (TPSA) is 74.5 Å². The summed E-state index contributed by atoms with van der Waals surface area (Å²) in [7, 11) is 0. The summed E-state index contributed by atoms with van der Waals surface area (Å²) in [6, 6.07) is 1.92. The van der Waals surface area contributed by atoms with Gasteiger partial charge >= 0.3 is 0 Å². The molecule has 1 aromatic heterocycles. The van der Waals surface area contributed by atoms with E-state index in [0.29, 0.717) is 11.8 Å². The predicted octanol–water partition coefficient (Wildman–Crippen LogP) is 2.10. The van der Waals surface area contributed by atoms with Crippen molar-refractivity contribution in [2.24, 2.45) is 16.8 Å². The fraction of sp³-hybridized carbons (Fsp3) is 0.750. The summed E-state index contributed by atoms with van der Waals surface area (Å²) in [6.07, 6.45) is 5.64. The molecule has 1 rings (SSSR count). The minimum absolute atomic E-state index is 0. The number of guanidine groups is 1. The first-order valence-corrected chi connectivity index (χ1v) is 8.26. The van der Waals surface area contributed by atoms with Crippen LogP contribution in [0, 0.1) is 11.8 Å². The van der Waals surface area contributed by atoms with Crippen LogP contribution in [0.15, 0.2) is 23.5 Å². The molecule has 0 bridgehead atoms. The van der Waals surface area contributed by atoms with E-state index in [-0.39, 0.29) is 30.6 Å². The first-order chi connectivity index (χ1) is 10.7. The Hall–Kier alpha value is -0.830. The molecule has 0 saturated heterocycles. The average molecular weight is 437 g/mol. The van der Waals surface area contributed by atoms with Crippen LogP contribution in [0.1, 0.15) is 33.6 Å². The molecule has 1 aromatic rings. The van der Waals surface area contributed by atoms with Crippen LogP contribution < -0.4 is 10.6 Å². The average Bonchev–Trinajstić information content (AvgIpc) is 2.97. The van der Waals surface area contributed by atoms with Crippen molar-refractivity contribution in [2.45, 2.75) is 40.2 Å². The zero-order valence-electron chi connectivity index (χ0n) is 14.5. The number of hydrogen-bond acceptors (Lipinski definition) is 3. The van der Waals surface area contributed by atoms with Crippen LogP contribution in [0.5, 0.6) is 0 Å². The van der Waals surface area contributed by atoms with Gasteiger partial charge < -0.3 is 15.7 Å². The van der Waals surface area contributed by atoms with Gasteiger partial charge in [0.15, 0.2) is 5.96 Å². The first kappa shape index (κ1) is 22.2. The van der Waals surface area contributed by atoms with E-state index in [2.05, 4.69) is 41.5 Å². The van der Waals surface area contributed by atoms with E-state index in [1.807, 2.05) is 16.9 Å². The monoisotopic (exact) mass is 437 g/mol. The Labute approximate surface area is 157 Å². The Morgan fingerprint density at radius 1 is 1.35 bits per heavy atom. The number of nitrogens with one attached hydrogen (secondary N) is 2. The number of aliphatic hydroxyl groups excluding tert-OH is 1. The number of nitrogens with zero attached hydrogens (tertiary/aromatic N) is 3. The van der Waals surface area contributed by atoms with Crippen molar-refractivity contribution in [2.75, 3.05) is 26.2 Å². The lowest BCUT2D eigenvalue weighted by atomic mass is 9.94. The lowest BCUT2D eigenvalue weighted by molar-refractivity contribution is 0.245. The van der Waals surface area contributed by atoms with Crippen molar-refractivity contribution in [3.63, 3.8) is 0 Å². The molecule has 0 aliphatic rings. The van der Waals surface area contributed by atoms with Crippen LogP contribution in [0.3, 0.4) is 0 Å². The predicted molar refractivity (Wildman–Crippen MR) is 106 cm³/mol. The molecule has 0 radical (unpaired) electrons. The van der Waals surface area contributed by atoms with Gasteiger partial charge in [-0.3, -0.25) is 9.67 Å². The normalized spacial score (nSPS) is 12.8. The maximum absolute atomic E-state index is 9.18. The Balaban J connectivity index is 0.00000484. The fourth-order valence-electron chi connectivity index (χ4n) is 2.42. The van der Waals surface area contributed by atoms with Crippen LogP contribution in [-0.4, -0.2) is 47.1 Å². The molecule has 1 unspecified atom stereocenters. The van der Waals surface area contributed by atoms with E-state index >= 15 is 0 Å². The molecule has 0 aromatic carbocycles. The molecule has 0 aliphatic heterocycles. The first-order valence-electron chi connectivity index (χ1n) is 8.26. The smallest absolute Gasteiger partial charge is 0.191 e. The summed E-state index contributed by atoms with van der Waals surface area (Å²) in [6.45, 7) is 9.88. The van der Waals surface area contributed by atoms with Gasteiger partial charge in [0.2, 0.25) is 0 Å². The van der Waals surface area contributed by atoms with Crippen molar-refractivity contribution in [3.05, 3.63) is 18.5 Å². The molecule has 134 valence electrons. The molecule has 1 atom stereocenters. The molecule has 0 aliphatic carbocycles. The number of aliphatic imine (C=N–C) groups is 1. The van der Waals surface area contributed by atoms with Crippen molar-refractivity contribution < 1.29 is 5.11 Å². The van der Waals surface area contributed by atoms with Crippen LogP contribution in [0.25, 0.3) is 0 Å². The summed E-state index contributed by atoms with van der Waals surface area (Å²) in [5.41, 5.74) is 0. The SMILES string of the molecule is CCNC(=NCC(CCO)CC(C)C)NCCn1cccn1.I. The van der Waals surface area contributed by atoms with Gasteiger partial charge in [-0.1, -0.05) is 13.8 Å². The Bertz CT molecular complexity index is 409. The van der Waals surface area contributed by atoms with Crippen molar-refractivity contribution >= 4 is 29.9 Å². The quantitative estimate of drug-likeness (QED) is 0.298. The van der Waals surface area contributed by atoms with Gasteiger partial charge in [0.05, 0.1) is 6.54 Å². The number of aliphatic hydroxyl groups is 1. The molecule has 23 heavy (non-hydrogen) atoms. The van der Waals surface area contributed by atoms with E-state index in [0.717, 1.165) is 45.0 Å². The van der Waals surface area contributed by atoms with E-state index in [1.54, 1.807) is 6.20 Å². The van der Waals surface area contributed by atoms with E-state index < -0.39 is 0 Å². The molecule has 7 heteroatoms. The lowest BCUT2D eigenvalue weighted by Crippen LogP contribution is -2.39. The molecule has 1 heterocycles. The second kappa shape index (κ2) is 13.6. The highest BCUT2D eigenvalue weighted by atomic mass is 127. The van der Waals surface area contributed by atoms with E-state index in [9.17, 15) is 5.11 Å². The zero-order chi connectivity index (χ0) is 16.2. The van der Waals surface area contributed by atoms with Gasteiger partial charge in [-0.15, -0.1) is 24.0 Å². The summed E-state index contributed by atoms with van der Waals surface area (Å²) >= 11 is 0. The Kier molecular flexibility index (Phi) is 13.1. The summed E-state index contributed by atoms with van der Waals surface area (Å²) in [5, 5.41) is 19.9. The summed E-state index contributed by atoms with van der Waals surface area (Å²) in [4.78, 5) is 4.66. The minimum Gasteiger partial charge on any atom is -0.396 e. The standard InChI is InChI=1S/C16H31N5O.HI/c1-4-17-16(18-8-10-21-9-5-7-20-21)19-13-15(6-11-22)12-14(2)3;/h5,7,9,14-15,22H,4,6,8,10-13H2,1-3H3,(H2,17,18,19);1H. The molecular weight excluding hydrogens is 405 g/mol. The van der Waals surface area contributed by atoms with Crippen molar-refractivity contribution in [3.8, 4) is 0 Å². The van der Waals surface area contributed by atoms with E-state index in [4.69, 9.17) is 0 Å². The molecular formula is C16H32IN5O.